The van der Waals surface area contributed by atoms with Gasteiger partial charge in [0.2, 0.25) is 12.3 Å². The molecule has 2 aromatic rings. The molecule has 1 unspecified atom stereocenters. The first kappa shape index (κ1) is 25.9. The highest BCUT2D eigenvalue weighted by molar-refractivity contribution is 5.99. The highest BCUT2D eigenvalue weighted by Gasteiger charge is 2.32. The lowest BCUT2D eigenvalue weighted by Crippen LogP contribution is -2.34. The minimum Gasteiger partial charge on any atom is -0.335 e. The van der Waals surface area contributed by atoms with Crippen molar-refractivity contribution in [1.82, 2.24) is 19.8 Å². The quantitative estimate of drug-likeness (QED) is 0.379. The number of rotatable bonds is 8. The van der Waals surface area contributed by atoms with E-state index in [2.05, 4.69) is 26.7 Å². The fourth-order valence-electron chi connectivity index (χ4n) is 3.73. The van der Waals surface area contributed by atoms with Crippen molar-refractivity contribution in [3.8, 4) is 11.8 Å². The fraction of sp³-hybridized carbons (Fsp3) is 0.462. The number of imide groups is 1. The van der Waals surface area contributed by atoms with Crippen molar-refractivity contribution in [3.63, 3.8) is 0 Å². The van der Waals surface area contributed by atoms with Crippen LogP contribution >= 0.6 is 0 Å². The zero-order valence-electron chi connectivity index (χ0n) is 20.3. The number of imidazole rings is 1. The van der Waals surface area contributed by atoms with Gasteiger partial charge in [0.15, 0.2) is 0 Å². The molecule has 7 heteroatoms. The van der Waals surface area contributed by atoms with Gasteiger partial charge >= 0.3 is 0 Å². The van der Waals surface area contributed by atoms with Gasteiger partial charge in [-0.1, -0.05) is 31.8 Å². The average Bonchev–Trinajstić information content (AvgIpc) is 3.33. The van der Waals surface area contributed by atoms with Crippen LogP contribution in [-0.2, 0) is 29.6 Å². The highest BCUT2D eigenvalue weighted by atomic mass is 16.2. The SMILES string of the molecule is CC.Cc1cnc(CCCC#Cc2cccc3c2CN(C(C)CCC(=O)NC=O)C3=O)n1C. The number of carbonyl (C=O) groups excluding carboxylic acids is 3. The Morgan fingerprint density at radius 1 is 1.33 bits per heavy atom. The predicted octanol–water partition coefficient (Wildman–Crippen LogP) is 3.53. The number of fused-ring (bicyclic) bond motifs is 1. The second-order valence-electron chi connectivity index (χ2n) is 7.87. The van der Waals surface area contributed by atoms with E-state index in [-0.39, 0.29) is 24.3 Å². The van der Waals surface area contributed by atoms with Gasteiger partial charge in [-0.05, 0) is 44.4 Å². The van der Waals surface area contributed by atoms with Crippen LogP contribution in [-0.4, -0.2) is 38.7 Å². The normalized spacial score (nSPS) is 12.8. The summed E-state index contributed by atoms with van der Waals surface area (Å²) < 4.78 is 2.10. The smallest absolute Gasteiger partial charge is 0.254 e. The van der Waals surface area contributed by atoms with Gasteiger partial charge in [-0.2, -0.15) is 0 Å². The Morgan fingerprint density at radius 2 is 2.09 bits per heavy atom. The van der Waals surface area contributed by atoms with Gasteiger partial charge in [-0.3, -0.25) is 19.7 Å². The summed E-state index contributed by atoms with van der Waals surface area (Å²) in [6, 6.07) is 5.54. The molecule has 1 atom stereocenters. The zero-order valence-corrected chi connectivity index (χ0v) is 20.3. The molecule has 0 fully saturated rings. The maximum Gasteiger partial charge on any atom is 0.254 e. The molecule has 0 saturated heterocycles. The van der Waals surface area contributed by atoms with Gasteiger partial charge < -0.3 is 9.47 Å². The molecule has 0 radical (unpaired) electrons. The molecule has 7 nitrogen and oxygen atoms in total. The van der Waals surface area contributed by atoms with E-state index in [1.165, 1.54) is 0 Å². The third-order valence-corrected chi connectivity index (χ3v) is 5.78. The molecule has 176 valence electrons. The number of aryl methyl sites for hydroxylation is 2. The Kier molecular flexibility index (Phi) is 9.86. The summed E-state index contributed by atoms with van der Waals surface area (Å²) in [6.07, 6.45) is 5.52. The Bertz CT molecular complexity index is 1050. The lowest BCUT2D eigenvalue weighted by atomic mass is 10.0. The first-order valence-corrected chi connectivity index (χ1v) is 11.5. The van der Waals surface area contributed by atoms with Gasteiger partial charge in [0.1, 0.15) is 5.82 Å². The summed E-state index contributed by atoms with van der Waals surface area (Å²) in [5, 5.41) is 2.13. The molecule has 1 aliphatic rings. The fourth-order valence-corrected chi connectivity index (χ4v) is 3.73. The van der Waals surface area contributed by atoms with Crippen molar-refractivity contribution >= 4 is 18.2 Å². The number of aromatic nitrogens is 2. The minimum absolute atomic E-state index is 0.0351. The van der Waals surface area contributed by atoms with E-state index in [0.29, 0.717) is 24.9 Å². The summed E-state index contributed by atoms with van der Waals surface area (Å²) >= 11 is 0. The van der Waals surface area contributed by atoms with Gasteiger partial charge in [0.25, 0.3) is 5.91 Å². The molecule has 1 aromatic carbocycles. The van der Waals surface area contributed by atoms with Crippen LogP contribution in [0, 0.1) is 18.8 Å². The molecule has 0 aliphatic carbocycles. The molecular weight excluding hydrogens is 416 g/mol. The van der Waals surface area contributed by atoms with Crippen molar-refractivity contribution in [2.24, 2.45) is 7.05 Å². The second-order valence-corrected chi connectivity index (χ2v) is 7.87. The van der Waals surface area contributed by atoms with E-state index in [0.717, 1.165) is 41.9 Å². The maximum atomic E-state index is 12.8. The molecule has 1 aliphatic heterocycles. The van der Waals surface area contributed by atoms with Crippen LogP contribution in [0.25, 0.3) is 0 Å². The summed E-state index contributed by atoms with van der Waals surface area (Å²) in [4.78, 5) is 40.9. The van der Waals surface area contributed by atoms with Crippen LogP contribution in [0.2, 0.25) is 0 Å². The Hall–Kier alpha value is -3.40. The van der Waals surface area contributed by atoms with E-state index in [1.807, 2.05) is 59.1 Å². The van der Waals surface area contributed by atoms with Crippen LogP contribution in [0.5, 0.6) is 0 Å². The third kappa shape index (κ3) is 6.55. The van der Waals surface area contributed by atoms with E-state index < -0.39 is 0 Å². The zero-order chi connectivity index (χ0) is 24.4. The lowest BCUT2D eigenvalue weighted by Gasteiger charge is -2.24. The van der Waals surface area contributed by atoms with Crippen molar-refractivity contribution in [3.05, 3.63) is 52.6 Å². The molecule has 0 saturated carbocycles. The molecule has 2 heterocycles. The molecule has 0 bridgehead atoms. The molecular formula is C26H34N4O3. The molecule has 3 amide bonds. The number of nitrogens with one attached hydrogen (secondary N) is 1. The number of unbranched alkanes of at least 4 members (excludes halogenated alkanes) is 1. The van der Waals surface area contributed by atoms with E-state index in [9.17, 15) is 14.4 Å². The summed E-state index contributed by atoms with van der Waals surface area (Å²) in [7, 11) is 2.02. The lowest BCUT2D eigenvalue weighted by molar-refractivity contribution is -0.125. The first-order chi connectivity index (χ1) is 15.9. The molecule has 3 rings (SSSR count). The van der Waals surface area contributed by atoms with Crippen molar-refractivity contribution in [1.29, 1.82) is 0 Å². The van der Waals surface area contributed by atoms with Crippen LogP contribution < -0.4 is 5.32 Å². The number of hydrogen-bond donors (Lipinski definition) is 1. The number of nitrogens with zero attached hydrogens (tertiary/aromatic N) is 3. The highest BCUT2D eigenvalue weighted by Crippen LogP contribution is 2.28. The summed E-state index contributed by atoms with van der Waals surface area (Å²) in [5.41, 5.74) is 3.66. The van der Waals surface area contributed by atoms with Gasteiger partial charge in [-0.25, -0.2) is 4.98 Å². The number of benzene rings is 1. The summed E-state index contributed by atoms with van der Waals surface area (Å²) in [5.74, 6) is 7.17. The van der Waals surface area contributed by atoms with Crippen LogP contribution in [0.1, 0.15) is 79.5 Å². The Morgan fingerprint density at radius 3 is 2.76 bits per heavy atom. The van der Waals surface area contributed by atoms with Gasteiger partial charge in [0, 0.05) is 61.9 Å². The van der Waals surface area contributed by atoms with E-state index >= 15 is 0 Å². The van der Waals surface area contributed by atoms with E-state index in [4.69, 9.17) is 0 Å². The maximum absolute atomic E-state index is 12.8. The third-order valence-electron chi connectivity index (χ3n) is 5.78. The van der Waals surface area contributed by atoms with E-state index in [1.54, 1.807) is 4.90 Å². The topological polar surface area (TPSA) is 84.3 Å². The Balaban J connectivity index is 0.00000187. The number of hydrogen-bond acceptors (Lipinski definition) is 4. The largest absolute Gasteiger partial charge is 0.335 e. The number of amides is 3. The molecule has 33 heavy (non-hydrogen) atoms. The molecule has 1 N–H and O–H groups in total. The Labute approximate surface area is 196 Å². The van der Waals surface area contributed by atoms with Crippen molar-refractivity contribution < 1.29 is 14.4 Å². The van der Waals surface area contributed by atoms with Crippen molar-refractivity contribution in [2.45, 2.75) is 72.4 Å². The van der Waals surface area contributed by atoms with Crippen LogP contribution in [0.4, 0.5) is 0 Å². The van der Waals surface area contributed by atoms with Crippen LogP contribution in [0.15, 0.2) is 24.4 Å². The van der Waals surface area contributed by atoms with Gasteiger partial charge in [-0.15, -0.1) is 0 Å². The summed E-state index contributed by atoms with van der Waals surface area (Å²) in [6.45, 7) is 8.45. The average molecular weight is 451 g/mol. The first-order valence-electron chi connectivity index (χ1n) is 11.5. The van der Waals surface area contributed by atoms with Gasteiger partial charge in [0.05, 0.1) is 0 Å². The standard InChI is InChI=1S/C24H28N4O3.C2H6/c1-17(12-13-23(30)26-16-29)28-15-21-19(9-7-10-20(21)24(28)31)8-5-4-6-11-22-25-14-18(2)27(22)3;1-2/h7,9-10,14,16-17H,4,6,11-13,15H2,1-3H3,(H,26,29,30);1-2H3. The monoisotopic (exact) mass is 450 g/mol. The molecule has 0 spiro atoms. The van der Waals surface area contributed by atoms with Crippen molar-refractivity contribution in [2.75, 3.05) is 0 Å². The minimum atomic E-state index is -0.335. The molecule has 1 aromatic heterocycles. The predicted molar refractivity (Wildman–Crippen MR) is 128 cm³/mol. The number of carbonyl (C=O) groups is 3. The second kappa shape index (κ2) is 12.6. The van der Waals surface area contributed by atoms with Crippen LogP contribution in [0.3, 0.4) is 0 Å².